The summed E-state index contributed by atoms with van der Waals surface area (Å²) in [5.41, 5.74) is 21.9. The van der Waals surface area contributed by atoms with Crippen molar-refractivity contribution in [2.24, 2.45) is 29.4 Å². The molecule has 2 aromatic rings. The van der Waals surface area contributed by atoms with Crippen molar-refractivity contribution in [1.29, 1.82) is 10.5 Å². The molecule has 2 aliphatic heterocycles. The van der Waals surface area contributed by atoms with Gasteiger partial charge >= 0.3 is 0 Å². The van der Waals surface area contributed by atoms with Gasteiger partial charge in [0.2, 0.25) is 0 Å². The predicted molar refractivity (Wildman–Crippen MR) is 218 cm³/mol. The Morgan fingerprint density at radius 1 is 0.778 bits per heavy atom. The van der Waals surface area contributed by atoms with Gasteiger partial charge in [0.1, 0.15) is 0 Å². The Balaban J connectivity index is 1.14. The summed E-state index contributed by atoms with van der Waals surface area (Å²) in [6.45, 7) is 1.93. The Hall–Kier alpha value is -3.58. The lowest BCUT2D eigenvalue weighted by molar-refractivity contribution is 0.0999. The van der Waals surface area contributed by atoms with E-state index in [2.05, 4.69) is 63.3 Å². The van der Waals surface area contributed by atoms with Crippen LogP contribution in [-0.2, 0) is 19.3 Å². The van der Waals surface area contributed by atoms with Crippen LogP contribution in [0.1, 0.15) is 161 Å². The van der Waals surface area contributed by atoms with E-state index in [1.165, 1.54) is 97.8 Å². The first-order valence-corrected chi connectivity index (χ1v) is 22.1. The lowest BCUT2D eigenvalue weighted by atomic mass is 9.72. The number of nitrogens with zero attached hydrogens (tertiary/aromatic N) is 4. The highest BCUT2D eigenvalue weighted by Gasteiger charge is 2.43. The molecular weight excluding hydrogens is 661 g/mol. The van der Waals surface area contributed by atoms with Gasteiger partial charge in [0.25, 0.3) is 0 Å². The summed E-state index contributed by atoms with van der Waals surface area (Å²) in [5.74, 6) is 1.96. The topological polar surface area (TPSA) is 93.8 Å². The lowest BCUT2D eigenvalue weighted by Gasteiger charge is -2.46. The van der Waals surface area contributed by atoms with Gasteiger partial charge in [0.15, 0.2) is 0 Å². The quantitative estimate of drug-likeness (QED) is 0.283. The molecule has 7 aliphatic rings. The molecule has 0 bridgehead atoms. The van der Waals surface area contributed by atoms with Crippen molar-refractivity contribution >= 4 is 11.6 Å². The third-order valence-electron chi connectivity index (χ3n) is 14.9. The fourth-order valence-corrected chi connectivity index (χ4v) is 12.4. The molecule has 0 radical (unpaired) electrons. The molecule has 1 aromatic carbocycles. The molecule has 1 saturated carbocycles. The Kier molecular flexibility index (Phi) is 10.6. The molecule has 1 saturated heterocycles. The first kappa shape index (κ1) is 36.1. The van der Waals surface area contributed by atoms with Crippen LogP contribution >= 0.6 is 0 Å². The van der Waals surface area contributed by atoms with E-state index in [-0.39, 0.29) is 18.0 Å². The predicted octanol–water partition coefficient (Wildman–Crippen LogP) is 10.2. The number of piperidine rings is 1. The van der Waals surface area contributed by atoms with Gasteiger partial charge in [0, 0.05) is 29.5 Å². The second-order valence-electron chi connectivity index (χ2n) is 18.0. The summed E-state index contributed by atoms with van der Waals surface area (Å²) < 4.78 is 2.77. The number of hydrogen-bond acceptors (Lipinski definition) is 5. The summed E-state index contributed by atoms with van der Waals surface area (Å²) in [5, 5.41) is 24.3. The van der Waals surface area contributed by atoms with Gasteiger partial charge in [0.05, 0.1) is 30.4 Å². The lowest BCUT2D eigenvalue weighted by Crippen LogP contribution is -2.52. The summed E-state index contributed by atoms with van der Waals surface area (Å²) in [6.07, 6.45) is 29.6. The van der Waals surface area contributed by atoms with E-state index >= 15 is 0 Å². The molecule has 2 fully saturated rings. The molecule has 6 nitrogen and oxygen atoms in total. The Morgan fingerprint density at radius 3 is 2.46 bits per heavy atom. The van der Waals surface area contributed by atoms with Gasteiger partial charge < -0.3 is 15.2 Å². The van der Waals surface area contributed by atoms with Gasteiger partial charge in [-0.1, -0.05) is 42.3 Å². The molecule has 9 rings (SSSR count). The fourth-order valence-electron chi connectivity index (χ4n) is 12.4. The zero-order valence-corrected chi connectivity index (χ0v) is 32.6. The van der Waals surface area contributed by atoms with Crippen LogP contribution in [0.15, 0.2) is 47.2 Å². The molecule has 7 unspecified atom stereocenters. The largest absolute Gasteiger partial charge is 0.359 e. The standard InChI is InChI=1S/C48H62N6/c49-24-10-13-35-31-53(44-20-7-5-16-39(35)44)47-27-36(28-48(52-47)54-45-21-8-6-19-42(45)43-26-33(30-51)22-23-46(43)54)38-15-2-4-18-41(38)40-17-3-1-14-37(40)34-12-9-11-32(25-34)29-50/h1,3,8,14,17,21,32-36,47-48,52H,2,4-7,9-13,15-16,18-20,22-28,31,49H2. The summed E-state index contributed by atoms with van der Waals surface area (Å²) in [7, 11) is 0. The maximum absolute atomic E-state index is 10.0. The minimum absolute atomic E-state index is 0.137. The van der Waals surface area contributed by atoms with E-state index in [4.69, 9.17) is 5.73 Å². The van der Waals surface area contributed by atoms with Crippen molar-refractivity contribution in [3.05, 3.63) is 80.8 Å². The summed E-state index contributed by atoms with van der Waals surface area (Å²) in [6, 6.07) is 14.7. The average Bonchev–Trinajstić information content (AvgIpc) is 3.78. The molecule has 0 spiro atoms. The van der Waals surface area contributed by atoms with Crippen LogP contribution in [0, 0.1) is 46.3 Å². The number of hydrogen-bond donors (Lipinski definition) is 2. The first-order valence-electron chi connectivity index (χ1n) is 22.1. The minimum Gasteiger partial charge on any atom is -0.359 e. The Morgan fingerprint density at radius 2 is 1.59 bits per heavy atom. The normalized spacial score (nSPS) is 31.1. The van der Waals surface area contributed by atoms with Crippen LogP contribution in [0.25, 0.3) is 11.6 Å². The zero-order chi connectivity index (χ0) is 36.6. The van der Waals surface area contributed by atoms with Crippen molar-refractivity contribution in [3.63, 3.8) is 0 Å². The number of nitrogens with one attached hydrogen (secondary N) is 1. The van der Waals surface area contributed by atoms with Gasteiger partial charge in [-0.15, -0.1) is 0 Å². The van der Waals surface area contributed by atoms with Gasteiger partial charge in [-0.2, -0.15) is 10.5 Å². The van der Waals surface area contributed by atoms with Gasteiger partial charge in [-0.25, -0.2) is 0 Å². The number of aromatic nitrogens is 1. The highest BCUT2D eigenvalue weighted by atomic mass is 15.3. The van der Waals surface area contributed by atoms with Crippen molar-refractivity contribution < 1.29 is 0 Å². The maximum Gasteiger partial charge on any atom is 0.0863 e. The number of rotatable bonds is 8. The van der Waals surface area contributed by atoms with E-state index in [0.717, 1.165) is 83.7 Å². The minimum atomic E-state index is 0.137. The smallest absolute Gasteiger partial charge is 0.0863 e. The molecule has 54 heavy (non-hydrogen) atoms. The number of fused-ring (bicyclic) bond motifs is 3. The van der Waals surface area contributed by atoms with Crippen molar-refractivity contribution in [1.82, 2.24) is 14.8 Å². The Bertz CT molecular complexity index is 1900. The SMILES string of the molecule is N#CC1CCc2c(c3c(n2C2CC(C4=C(c5ccccc5C5CCCC(C#N)C5)CCCC4)CC(N4CC(CCCN)C5=C4CCCC5)N2)C=CCC3)C1. The fraction of sp³-hybridized carbons (Fsp3) is 0.625. The van der Waals surface area contributed by atoms with Crippen LogP contribution < -0.4 is 11.1 Å². The summed E-state index contributed by atoms with van der Waals surface area (Å²) in [4.78, 5) is 2.87. The van der Waals surface area contributed by atoms with Crippen LogP contribution in [-0.4, -0.2) is 28.7 Å². The highest BCUT2D eigenvalue weighted by Crippen LogP contribution is 2.49. The van der Waals surface area contributed by atoms with Gasteiger partial charge in [-0.05, 0) is 192 Å². The van der Waals surface area contributed by atoms with E-state index in [1.807, 2.05) is 0 Å². The molecule has 6 heteroatoms. The van der Waals surface area contributed by atoms with Crippen molar-refractivity contribution in [2.75, 3.05) is 13.1 Å². The van der Waals surface area contributed by atoms with Crippen LogP contribution in [0.3, 0.4) is 0 Å². The van der Waals surface area contributed by atoms with E-state index in [9.17, 15) is 10.5 Å². The van der Waals surface area contributed by atoms with Gasteiger partial charge in [-0.3, -0.25) is 5.32 Å². The maximum atomic E-state index is 10.0. The number of allylic oxidation sites excluding steroid dienone is 4. The second kappa shape index (κ2) is 15.9. The van der Waals surface area contributed by atoms with Crippen LogP contribution in [0.4, 0.5) is 0 Å². The third kappa shape index (κ3) is 6.71. The molecule has 3 heterocycles. The highest BCUT2D eigenvalue weighted by molar-refractivity contribution is 5.73. The molecule has 5 aliphatic carbocycles. The van der Waals surface area contributed by atoms with E-state index in [0.29, 0.717) is 23.9 Å². The molecular formula is C48H62N6. The molecule has 1 aromatic heterocycles. The number of benzene rings is 1. The molecule has 0 amide bonds. The number of nitrogens with two attached hydrogens (primary N) is 1. The first-order chi connectivity index (χ1) is 26.6. The average molecular weight is 723 g/mol. The van der Waals surface area contributed by atoms with E-state index < -0.39 is 0 Å². The molecule has 7 atom stereocenters. The van der Waals surface area contributed by atoms with Crippen molar-refractivity contribution in [3.8, 4) is 12.1 Å². The summed E-state index contributed by atoms with van der Waals surface area (Å²) >= 11 is 0. The van der Waals surface area contributed by atoms with Crippen molar-refractivity contribution in [2.45, 2.75) is 153 Å². The number of nitriles is 2. The second-order valence-corrected chi connectivity index (χ2v) is 18.0. The molecule has 3 N–H and O–H groups in total. The van der Waals surface area contributed by atoms with Crippen LogP contribution in [0.2, 0.25) is 0 Å². The van der Waals surface area contributed by atoms with Crippen LogP contribution in [0.5, 0.6) is 0 Å². The molecule has 284 valence electrons. The van der Waals surface area contributed by atoms with E-state index in [1.54, 1.807) is 22.4 Å². The zero-order valence-electron chi connectivity index (χ0n) is 32.6. The Labute approximate surface area is 324 Å². The monoisotopic (exact) mass is 723 g/mol. The third-order valence-corrected chi connectivity index (χ3v) is 14.9.